The molecule has 1 aliphatic rings. The molecule has 2 nitrogen and oxygen atoms in total. The summed E-state index contributed by atoms with van der Waals surface area (Å²) in [6.07, 6.45) is 3.89. The minimum Gasteiger partial charge on any atom is -0.381 e. The largest absolute Gasteiger partial charge is 0.381 e. The summed E-state index contributed by atoms with van der Waals surface area (Å²) < 4.78 is 5.56. The van der Waals surface area contributed by atoms with Gasteiger partial charge in [-0.15, -0.1) is 0 Å². The van der Waals surface area contributed by atoms with E-state index < -0.39 is 0 Å². The van der Waals surface area contributed by atoms with Crippen LogP contribution in [0.1, 0.15) is 40.0 Å². The predicted molar refractivity (Wildman–Crippen MR) is 60.5 cm³/mol. The lowest BCUT2D eigenvalue weighted by molar-refractivity contribution is 0.0870. The molecule has 0 spiro atoms. The molecule has 84 valence electrons. The molecule has 1 fully saturated rings. The van der Waals surface area contributed by atoms with E-state index in [-0.39, 0.29) is 0 Å². The second kappa shape index (κ2) is 6.41. The van der Waals surface area contributed by atoms with Crippen LogP contribution < -0.4 is 5.32 Å². The fraction of sp³-hybridized carbons (Fsp3) is 1.00. The van der Waals surface area contributed by atoms with Gasteiger partial charge in [-0.3, -0.25) is 0 Å². The van der Waals surface area contributed by atoms with Gasteiger partial charge in [0.15, 0.2) is 0 Å². The van der Waals surface area contributed by atoms with Gasteiger partial charge in [0.1, 0.15) is 0 Å². The van der Waals surface area contributed by atoms with Crippen LogP contribution in [0.5, 0.6) is 0 Å². The maximum absolute atomic E-state index is 5.56. The molecule has 2 atom stereocenters. The second-order valence-electron chi connectivity index (χ2n) is 4.71. The summed E-state index contributed by atoms with van der Waals surface area (Å²) in [7, 11) is 0. The van der Waals surface area contributed by atoms with Gasteiger partial charge in [-0.25, -0.2) is 0 Å². The lowest BCUT2D eigenvalue weighted by Gasteiger charge is -2.20. The van der Waals surface area contributed by atoms with E-state index >= 15 is 0 Å². The van der Waals surface area contributed by atoms with E-state index in [4.69, 9.17) is 4.74 Å². The first-order valence-corrected chi connectivity index (χ1v) is 6.05. The van der Waals surface area contributed by atoms with Gasteiger partial charge in [0.2, 0.25) is 0 Å². The molecule has 1 saturated carbocycles. The van der Waals surface area contributed by atoms with Crippen LogP contribution in [0.3, 0.4) is 0 Å². The molecular formula is C12H25NO. The first-order valence-electron chi connectivity index (χ1n) is 6.05. The molecule has 1 rings (SSSR count). The quantitative estimate of drug-likeness (QED) is 0.606. The highest BCUT2D eigenvalue weighted by atomic mass is 16.5. The van der Waals surface area contributed by atoms with Crippen molar-refractivity contribution < 1.29 is 4.74 Å². The monoisotopic (exact) mass is 199 g/mol. The Morgan fingerprint density at radius 3 is 2.57 bits per heavy atom. The molecule has 0 heterocycles. The van der Waals surface area contributed by atoms with Crippen LogP contribution in [0.15, 0.2) is 0 Å². The summed E-state index contributed by atoms with van der Waals surface area (Å²) in [4.78, 5) is 0. The predicted octanol–water partition coefficient (Wildman–Crippen LogP) is 2.44. The van der Waals surface area contributed by atoms with E-state index in [2.05, 4.69) is 26.1 Å². The van der Waals surface area contributed by atoms with Gasteiger partial charge in [-0.05, 0) is 37.6 Å². The Hall–Kier alpha value is -0.0800. The summed E-state index contributed by atoms with van der Waals surface area (Å²) in [6, 6.07) is 0.834. The summed E-state index contributed by atoms with van der Waals surface area (Å²) in [5.41, 5.74) is 0. The fourth-order valence-corrected chi connectivity index (χ4v) is 1.42. The zero-order valence-electron chi connectivity index (χ0n) is 9.88. The molecule has 1 aliphatic carbocycles. The van der Waals surface area contributed by atoms with Gasteiger partial charge in [-0.1, -0.05) is 20.8 Å². The van der Waals surface area contributed by atoms with Gasteiger partial charge in [0.25, 0.3) is 0 Å². The van der Waals surface area contributed by atoms with Crippen molar-refractivity contribution in [2.45, 2.75) is 46.1 Å². The average Bonchev–Trinajstić information content (AvgIpc) is 2.98. The Balaban J connectivity index is 1.98. The highest BCUT2D eigenvalue weighted by molar-refractivity contribution is 4.81. The van der Waals surface area contributed by atoms with Crippen LogP contribution in [0.2, 0.25) is 0 Å². The molecular weight excluding hydrogens is 174 g/mol. The van der Waals surface area contributed by atoms with Gasteiger partial charge in [-0.2, -0.15) is 0 Å². The minimum absolute atomic E-state index is 0.674. The van der Waals surface area contributed by atoms with Crippen LogP contribution >= 0.6 is 0 Å². The fourth-order valence-electron chi connectivity index (χ4n) is 1.42. The third kappa shape index (κ3) is 4.97. The minimum atomic E-state index is 0.674. The van der Waals surface area contributed by atoms with Crippen molar-refractivity contribution in [3.05, 3.63) is 0 Å². The zero-order valence-corrected chi connectivity index (χ0v) is 9.88. The average molecular weight is 199 g/mol. The van der Waals surface area contributed by atoms with Crippen LogP contribution in [-0.4, -0.2) is 25.8 Å². The van der Waals surface area contributed by atoms with Crippen molar-refractivity contribution in [2.24, 2.45) is 11.8 Å². The van der Waals surface area contributed by atoms with Crippen molar-refractivity contribution in [3.8, 4) is 0 Å². The number of hydrogen-bond donors (Lipinski definition) is 1. The Morgan fingerprint density at radius 1 is 1.29 bits per heavy atom. The Morgan fingerprint density at radius 2 is 2.00 bits per heavy atom. The summed E-state index contributed by atoms with van der Waals surface area (Å²) in [5.74, 6) is 1.40. The molecule has 0 bridgehead atoms. The van der Waals surface area contributed by atoms with E-state index in [0.717, 1.165) is 38.1 Å². The Kier molecular flexibility index (Phi) is 5.49. The smallest absolute Gasteiger partial charge is 0.0494 e. The highest BCUT2D eigenvalue weighted by Crippen LogP contribution is 2.20. The van der Waals surface area contributed by atoms with Gasteiger partial charge < -0.3 is 10.1 Å². The topological polar surface area (TPSA) is 21.3 Å². The van der Waals surface area contributed by atoms with Crippen molar-refractivity contribution >= 4 is 0 Å². The Bertz CT molecular complexity index is 145. The molecule has 2 heteroatoms. The third-order valence-corrected chi connectivity index (χ3v) is 3.01. The Labute approximate surface area is 88.4 Å². The van der Waals surface area contributed by atoms with Crippen LogP contribution in [0.25, 0.3) is 0 Å². The summed E-state index contributed by atoms with van der Waals surface area (Å²) >= 11 is 0. The van der Waals surface area contributed by atoms with Gasteiger partial charge in [0.05, 0.1) is 0 Å². The molecule has 2 unspecified atom stereocenters. The summed E-state index contributed by atoms with van der Waals surface area (Å²) in [5, 5.41) is 3.57. The number of hydrogen-bond acceptors (Lipinski definition) is 2. The van der Waals surface area contributed by atoms with Crippen molar-refractivity contribution in [2.75, 3.05) is 19.8 Å². The van der Waals surface area contributed by atoms with E-state index in [1.54, 1.807) is 0 Å². The lowest BCUT2D eigenvalue weighted by atomic mass is 9.97. The van der Waals surface area contributed by atoms with Crippen molar-refractivity contribution in [1.29, 1.82) is 0 Å². The highest BCUT2D eigenvalue weighted by Gasteiger charge is 2.22. The maximum Gasteiger partial charge on any atom is 0.0494 e. The van der Waals surface area contributed by atoms with Gasteiger partial charge in [0, 0.05) is 19.3 Å². The number of rotatable bonds is 8. The molecule has 0 aromatic carbocycles. The van der Waals surface area contributed by atoms with Crippen molar-refractivity contribution in [3.63, 3.8) is 0 Å². The SMILES string of the molecule is CCCOCC(C)C(C)CNC1CC1. The molecule has 1 N–H and O–H groups in total. The standard InChI is InChI=1S/C12H25NO/c1-4-7-14-9-11(3)10(2)8-13-12-5-6-12/h10-13H,4-9H2,1-3H3. The van der Waals surface area contributed by atoms with Gasteiger partial charge >= 0.3 is 0 Å². The molecule has 14 heavy (non-hydrogen) atoms. The van der Waals surface area contributed by atoms with Crippen LogP contribution in [0.4, 0.5) is 0 Å². The number of nitrogens with one attached hydrogen (secondary N) is 1. The van der Waals surface area contributed by atoms with E-state index in [9.17, 15) is 0 Å². The molecule has 0 aromatic heterocycles. The van der Waals surface area contributed by atoms with E-state index in [1.807, 2.05) is 0 Å². The molecule has 0 aliphatic heterocycles. The third-order valence-electron chi connectivity index (χ3n) is 3.01. The van der Waals surface area contributed by atoms with Crippen LogP contribution in [0, 0.1) is 11.8 Å². The first-order chi connectivity index (χ1) is 6.74. The molecule has 0 saturated heterocycles. The maximum atomic E-state index is 5.56. The lowest BCUT2D eigenvalue weighted by Crippen LogP contribution is -2.28. The van der Waals surface area contributed by atoms with E-state index in [1.165, 1.54) is 12.8 Å². The summed E-state index contributed by atoms with van der Waals surface area (Å²) in [6.45, 7) is 9.74. The second-order valence-corrected chi connectivity index (χ2v) is 4.71. The van der Waals surface area contributed by atoms with E-state index in [0.29, 0.717) is 5.92 Å². The molecule has 0 radical (unpaired) electrons. The van der Waals surface area contributed by atoms with Crippen molar-refractivity contribution in [1.82, 2.24) is 5.32 Å². The number of ether oxygens (including phenoxy) is 1. The normalized spacial score (nSPS) is 20.8. The molecule has 0 aromatic rings. The van der Waals surface area contributed by atoms with Crippen LogP contribution in [-0.2, 0) is 4.74 Å². The molecule has 0 amide bonds. The first kappa shape index (κ1) is 12.0. The zero-order chi connectivity index (χ0) is 10.4.